The van der Waals surface area contributed by atoms with E-state index < -0.39 is 5.97 Å². The predicted octanol–water partition coefficient (Wildman–Crippen LogP) is 4.79. The average molecular weight is 424 g/mol. The number of anilines is 1. The fourth-order valence-electron chi connectivity index (χ4n) is 3.35. The maximum absolute atomic E-state index is 13.0. The van der Waals surface area contributed by atoms with Gasteiger partial charge >= 0.3 is 5.97 Å². The molecule has 1 heterocycles. The number of carbonyl (C=O) groups is 2. The van der Waals surface area contributed by atoms with Gasteiger partial charge in [0.15, 0.2) is 5.78 Å². The standard InChI is InChI=1S/C25H29NO5/c1-2-3-13-30-14-15-31-22-9-6-18(7-10-22)24(27)19-8-11-23-21(16-19)17-20(25(28)29)5-4-12-26-23/h6-11,16-17,26H,2-5,12-15H2,1H3,(H,28,29). The molecule has 3 rings (SSSR count). The molecule has 0 unspecified atom stereocenters. The van der Waals surface area contributed by atoms with Crippen LogP contribution >= 0.6 is 0 Å². The van der Waals surface area contributed by atoms with Gasteiger partial charge in [-0.05, 0) is 73.4 Å². The first-order valence-corrected chi connectivity index (χ1v) is 10.8. The Morgan fingerprint density at radius 2 is 1.81 bits per heavy atom. The fraction of sp³-hybridized carbons (Fsp3) is 0.360. The lowest BCUT2D eigenvalue weighted by Crippen LogP contribution is -2.11. The third kappa shape index (κ3) is 6.43. The van der Waals surface area contributed by atoms with Crippen LogP contribution in [0.5, 0.6) is 5.75 Å². The van der Waals surface area contributed by atoms with Crippen LogP contribution in [-0.4, -0.2) is 43.2 Å². The normalized spacial score (nSPS) is 13.3. The molecule has 0 aliphatic carbocycles. The Morgan fingerprint density at radius 1 is 1.03 bits per heavy atom. The Morgan fingerprint density at radius 3 is 2.55 bits per heavy atom. The van der Waals surface area contributed by atoms with E-state index in [-0.39, 0.29) is 5.78 Å². The van der Waals surface area contributed by atoms with E-state index in [2.05, 4.69) is 12.2 Å². The van der Waals surface area contributed by atoms with Crippen molar-refractivity contribution in [2.24, 2.45) is 0 Å². The summed E-state index contributed by atoms with van der Waals surface area (Å²) in [6.45, 7) is 4.56. The topological polar surface area (TPSA) is 84.9 Å². The van der Waals surface area contributed by atoms with Crippen molar-refractivity contribution in [3.8, 4) is 5.75 Å². The Labute approximate surface area is 182 Å². The van der Waals surface area contributed by atoms with E-state index in [1.165, 1.54) is 0 Å². The lowest BCUT2D eigenvalue weighted by molar-refractivity contribution is -0.132. The molecule has 0 fully saturated rings. The van der Waals surface area contributed by atoms with E-state index in [9.17, 15) is 14.7 Å². The average Bonchev–Trinajstić information content (AvgIpc) is 2.76. The molecule has 0 saturated carbocycles. The summed E-state index contributed by atoms with van der Waals surface area (Å²) < 4.78 is 11.1. The maximum Gasteiger partial charge on any atom is 0.331 e. The van der Waals surface area contributed by atoms with Gasteiger partial charge in [-0.25, -0.2) is 4.79 Å². The van der Waals surface area contributed by atoms with Crippen molar-refractivity contribution in [3.63, 3.8) is 0 Å². The summed E-state index contributed by atoms with van der Waals surface area (Å²) in [6, 6.07) is 12.4. The van der Waals surface area contributed by atoms with Crippen molar-refractivity contribution in [2.75, 3.05) is 31.7 Å². The number of unbranched alkanes of at least 4 members (excludes halogenated alkanes) is 1. The zero-order valence-corrected chi connectivity index (χ0v) is 17.9. The van der Waals surface area contributed by atoms with E-state index in [0.29, 0.717) is 54.2 Å². The zero-order chi connectivity index (χ0) is 22.1. The van der Waals surface area contributed by atoms with Crippen LogP contribution in [0.2, 0.25) is 0 Å². The highest BCUT2D eigenvalue weighted by Crippen LogP contribution is 2.26. The number of carboxylic acid groups (broad SMARTS) is 1. The second-order valence-electron chi connectivity index (χ2n) is 7.47. The van der Waals surface area contributed by atoms with Crippen LogP contribution in [-0.2, 0) is 9.53 Å². The monoisotopic (exact) mass is 423 g/mol. The Balaban J connectivity index is 1.67. The second-order valence-corrected chi connectivity index (χ2v) is 7.47. The molecule has 0 radical (unpaired) electrons. The first-order valence-electron chi connectivity index (χ1n) is 10.8. The SMILES string of the molecule is CCCCOCCOc1ccc(C(=O)c2ccc3c(c2)C=C(C(=O)O)CCCN3)cc1. The molecule has 1 aliphatic heterocycles. The molecule has 2 aromatic carbocycles. The first kappa shape index (κ1) is 22.6. The van der Waals surface area contributed by atoms with Crippen molar-refractivity contribution >= 4 is 23.5 Å². The van der Waals surface area contributed by atoms with Gasteiger partial charge in [-0.15, -0.1) is 0 Å². The highest BCUT2D eigenvalue weighted by atomic mass is 16.5. The smallest absolute Gasteiger partial charge is 0.331 e. The number of ketones is 1. The highest BCUT2D eigenvalue weighted by molar-refractivity contribution is 6.09. The van der Waals surface area contributed by atoms with Crippen molar-refractivity contribution in [1.82, 2.24) is 0 Å². The zero-order valence-electron chi connectivity index (χ0n) is 17.9. The minimum Gasteiger partial charge on any atom is -0.491 e. The summed E-state index contributed by atoms with van der Waals surface area (Å²) in [5.41, 5.74) is 2.96. The van der Waals surface area contributed by atoms with Crippen LogP contribution in [0.4, 0.5) is 5.69 Å². The summed E-state index contributed by atoms with van der Waals surface area (Å²) in [7, 11) is 0. The number of nitrogens with one attached hydrogen (secondary N) is 1. The third-order valence-electron chi connectivity index (χ3n) is 5.11. The van der Waals surface area contributed by atoms with Crippen LogP contribution < -0.4 is 10.1 Å². The molecule has 0 spiro atoms. The minimum atomic E-state index is -0.920. The van der Waals surface area contributed by atoms with Gasteiger partial charge in [-0.1, -0.05) is 13.3 Å². The highest BCUT2D eigenvalue weighted by Gasteiger charge is 2.15. The Hall–Kier alpha value is -3.12. The molecule has 6 heteroatoms. The van der Waals surface area contributed by atoms with Gasteiger partial charge in [0.2, 0.25) is 0 Å². The summed E-state index contributed by atoms with van der Waals surface area (Å²) in [6.07, 6.45) is 5.04. The van der Waals surface area contributed by atoms with Crippen molar-refractivity contribution in [3.05, 3.63) is 64.7 Å². The van der Waals surface area contributed by atoms with Gasteiger partial charge in [-0.3, -0.25) is 4.79 Å². The van der Waals surface area contributed by atoms with Gasteiger partial charge in [-0.2, -0.15) is 0 Å². The Bertz CT molecular complexity index is 933. The molecular weight excluding hydrogens is 394 g/mol. The number of hydrogen-bond donors (Lipinski definition) is 2. The van der Waals surface area contributed by atoms with Crippen LogP contribution in [0.3, 0.4) is 0 Å². The third-order valence-corrected chi connectivity index (χ3v) is 5.11. The number of rotatable bonds is 10. The molecule has 31 heavy (non-hydrogen) atoms. The molecule has 0 atom stereocenters. The molecule has 2 N–H and O–H groups in total. The summed E-state index contributed by atoms with van der Waals surface area (Å²) >= 11 is 0. The molecule has 164 valence electrons. The number of aliphatic carboxylic acids is 1. The predicted molar refractivity (Wildman–Crippen MR) is 121 cm³/mol. The summed E-state index contributed by atoms with van der Waals surface area (Å²) in [5, 5.41) is 12.7. The number of carbonyl (C=O) groups excluding carboxylic acids is 1. The first-order chi connectivity index (χ1) is 15.1. The molecule has 1 aliphatic rings. The van der Waals surface area contributed by atoms with E-state index in [4.69, 9.17) is 9.47 Å². The van der Waals surface area contributed by atoms with Crippen molar-refractivity contribution < 1.29 is 24.2 Å². The van der Waals surface area contributed by atoms with Crippen molar-refractivity contribution in [1.29, 1.82) is 0 Å². The quantitative estimate of drug-likeness (QED) is 0.422. The number of ether oxygens (including phenoxy) is 2. The number of carboxylic acids is 1. The lowest BCUT2D eigenvalue weighted by atomic mass is 9.97. The fourth-order valence-corrected chi connectivity index (χ4v) is 3.35. The van der Waals surface area contributed by atoms with E-state index >= 15 is 0 Å². The number of fused-ring (bicyclic) bond motifs is 1. The minimum absolute atomic E-state index is 0.121. The molecular formula is C25H29NO5. The number of benzene rings is 2. The maximum atomic E-state index is 13.0. The molecule has 0 bridgehead atoms. The largest absolute Gasteiger partial charge is 0.491 e. The van der Waals surface area contributed by atoms with Gasteiger partial charge < -0.3 is 19.9 Å². The number of hydrogen-bond acceptors (Lipinski definition) is 5. The van der Waals surface area contributed by atoms with E-state index in [0.717, 1.165) is 31.6 Å². The van der Waals surface area contributed by atoms with Gasteiger partial charge in [0.05, 0.1) is 6.61 Å². The van der Waals surface area contributed by atoms with Gasteiger partial charge in [0, 0.05) is 35.5 Å². The lowest BCUT2D eigenvalue weighted by Gasteiger charge is -2.15. The molecule has 0 aromatic heterocycles. The molecule has 0 amide bonds. The van der Waals surface area contributed by atoms with Gasteiger partial charge in [0.1, 0.15) is 12.4 Å². The van der Waals surface area contributed by atoms with Crippen LogP contribution in [0, 0.1) is 0 Å². The van der Waals surface area contributed by atoms with Crippen LogP contribution in [0.15, 0.2) is 48.0 Å². The van der Waals surface area contributed by atoms with Gasteiger partial charge in [0.25, 0.3) is 0 Å². The van der Waals surface area contributed by atoms with E-state index in [1.54, 1.807) is 42.5 Å². The second kappa shape index (κ2) is 11.3. The van der Waals surface area contributed by atoms with Crippen LogP contribution in [0.1, 0.15) is 54.1 Å². The molecule has 2 aromatic rings. The molecule has 6 nitrogen and oxygen atoms in total. The molecule has 0 saturated heterocycles. The Kier molecular flexibility index (Phi) is 8.24. The summed E-state index contributed by atoms with van der Waals surface area (Å²) in [5.74, 6) is -0.354. The van der Waals surface area contributed by atoms with E-state index in [1.807, 2.05) is 6.07 Å². The van der Waals surface area contributed by atoms with Crippen molar-refractivity contribution in [2.45, 2.75) is 32.6 Å². The summed E-state index contributed by atoms with van der Waals surface area (Å²) in [4.78, 5) is 24.4. The van der Waals surface area contributed by atoms with Crippen LogP contribution in [0.25, 0.3) is 6.08 Å².